The van der Waals surface area contributed by atoms with Gasteiger partial charge in [0.25, 0.3) is 5.56 Å². The Morgan fingerprint density at radius 2 is 2.35 bits per heavy atom. The van der Waals surface area contributed by atoms with Crippen LogP contribution in [-0.4, -0.2) is 28.8 Å². The van der Waals surface area contributed by atoms with E-state index in [2.05, 4.69) is 25.2 Å². The number of hydrogen-bond acceptors (Lipinski definition) is 6. The number of rotatable bonds is 4. The third kappa shape index (κ3) is 4.45. The number of esters is 1. The molecule has 0 aliphatic heterocycles. The number of nitrogens with one attached hydrogen (secondary N) is 2. The Bertz CT molecular complexity index is 493. The predicted molar refractivity (Wildman–Crippen MR) is 63.0 cm³/mol. The molecule has 0 saturated heterocycles. The van der Waals surface area contributed by atoms with Crippen molar-refractivity contribution in [3.63, 3.8) is 0 Å². The van der Waals surface area contributed by atoms with Gasteiger partial charge in [-0.25, -0.2) is 10.4 Å². The van der Waals surface area contributed by atoms with Crippen LogP contribution in [0.1, 0.15) is 19.0 Å². The van der Waals surface area contributed by atoms with Gasteiger partial charge < -0.3 is 4.74 Å². The second-order valence-electron chi connectivity index (χ2n) is 3.45. The molecule has 0 aliphatic carbocycles. The van der Waals surface area contributed by atoms with Gasteiger partial charge in [-0.15, -0.1) is 0 Å². The van der Waals surface area contributed by atoms with Crippen LogP contribution < -0.4 is 11.0 Å². The van der Waals surface area contributed by atoms with Crippen molar-refractivity contribution in [2.24, 2.45) is 5.10 Å². The lowest BCUT2D eigenvalue weighted by Gasteiger charge is -2.02. The Morgan fingerprint density at radius 1 is 1.65 bits per heavy atom. The van der Waals surface area contributed by atoms with Crippen LogP contribution in [0.3, 0.4) is 0 Å². The van der Waals surface area contributed by atoms with Gasteiger partial charge >= 0.3 is 5.97 Å². The van der Waals surface area contributed by atoms with Gasteiger partial charge in [-0.2, -0.15) is 5.10 Å². The minimum atomic E-state index is -0.376. The molecule has 17 heavy (non-hydrogen) atoms. The van der Waals surface area contributed by atoms with E-state index in [0.29, 0.717) is 11.4 Å². The van der Waals surface area contributed by atoms with E-state index in [0.717, 1.165) is 0 Å². The van der Waals surface area contributed by atoms with Gasteiger partial charge in [-0.3, -0.25) is 14.6 Å². The quantitative estimate of drug-likeness (QED) is 0.450. The van der Waals surface area contributed by atoms with Crippen LogP contribution >= 0.6 is 0 Å². The minimum Gasteiger partial charge on any atom is -0.469 e. The number of ether oxygens (including phenoxy) is 1. The normalized spacial score (nSPS) is 11.1. The average Bonchev–Trinajstić information content (AvgIpc) is 2.25. The van der Waals surface area contributed by atoms with Crippen molar-refractivity contribution in [1.82, 2.24) is 9.97 Å². The first kappa shape index (κ1) is 12.9. The second-order valence-corrected chi connectivity index (χ2v) is 3.45. The monoisotopic (exact) mass is 238 g/mol. The van der Waals surface area contributed by atoms with E-state index in [9.17, 15) is 9.59 Å². The summed E-state index contributed by atoms with van der Waals surface area (Å²) in [6, 6.07) is 1.37. The molecule has 1 rings (SSSR count). The molecule has 0 atom stereocenters. The summed E-state index contributed by atoms with van der Waals surface area (Å²) in [5.74, 6) is -0.141. The number of aromatic nitrogens is 2. The van der Waals surface area contributed by atoms with Gasteiger partial charge in [0, 0.05) is 17.5 Å². The van der Waals surface area contributed by atoms with Crippen molar-refractivity contribution < 1.29 is 9.53 Å². The lowest BCUT2D eigenvalue weighted by Crippen LogP contribution is -2.12. The molecule has 7 heteroatoms. The van der Waals surface area contributed by atoms with Crippen molar-refractivity contribution in [3.8, 4) is 0 Å². The highest BCUT2D eigenvalue weighted by atomic mass is 16.5. The van der Waals surface area contributed by atoms with Gasteiger partial charge in [0.2, 0.25) is 5.95 Å². The Hall–Kier alpha value is -2.18. The summed E-state index contributed by atoms with van der Waals surface area (Å²) in [5.41, 5.74) is 3.42. The Balaban J connectivity index is 2.68. The molecule has 0 radical (unpaired) electrons. The van der Waals surface area contributed by atoms with E-state index >= 15 is 0 Å². The number of carbonyl (C=O) groups excluding carboxylic acids is 1. The van der Waals surface area contributed by atoms with E-state index in [-0.39, 0.29) is 23.9 Å². The van der Waals surface area contributed by atoms with Gasteiger partial charge in [0.1, 0.15) is 0 Å². The van der Waals surface area contributed by atoms with Crippen molar-refractivity contribution in [1.29, 1.82) is 0 Å². The summed E-state index contributed by atoms with van der Waals surface area (Å²) in [6.45, 7) is 3.36. The molecule has 1 heterocycles. The van der Waals surface area contributed by atoms with E-state index in [4.69, 9.17) is 0 Å². The molecular formula is C10H14N4O3. The highest BCUT2D eigenvalue weighted by Crippen LogP contribution is 1.97. The summed E-state index contributed by atoms with van der Waals surface area (Å²) < 4.78 is 4.49. The molecule has 1 aromatic heterocycles. The van der Waals surface area contributed by atoms with Crippen molar-refractivity contribution in [3.05, 3.63) is 22.1 Å². The lowest BCUT2D eigenvalue weighted by molar-refractivity contribution is -0.139. The zero-order valence-electron chi connectivity index (χ0n) is 9.90. The lowest BCUT2D eigenvalue weighted by atomic mass is 10.3. The molecule has 0 bridgehead atoms. The molecule has 92 valence electrons. The number of anilines is 1. The van der Waals surface area contributed by atoms with Crippen molar-refractivity contribution in [2.75, 3.05) is 12.5 Å². The average molecular weight is 238 g/mol. The Morgan fingerprint density at radius 3 is 2.94 bits per heavy atom. The van der Waals surface area contributed by atoms with E-state index in [1.165, 1.54) is 13.2 Å². The number of carbonyl (C=O) groups is 1. The number of methoxy groups -OCH3 is 1. The van der Waals surface area contributed by atoms with Gasteiger partial charge in [0.15, 0.2) is 0 Å². The summed E-state index contributed by atoms with van der Waals surface area (Å²) >= 11 is 0. The zero-order chi connectivity index (χ0) is 12.8. The number of hydrogen-bond donors (Lipinski definition) is 2. The maximum atomic E-state index is 11.1. The topological polar surface area (TPSA) is 96.4 Å². The zero-order valence-corrected chi connectivity index (χ0v) is 9.90. The van der Waals surface area contributed by atoms with Crippen LogP contribution in [0.25, 0.3) is 0 Å². The first-order valence-corrected chi connectivity index (χ1v) is 4.95. The first-order chi connectivity index (χ1) is 8.01. The van der Waals surface area contributed by atoms with E-state index < -0.39 is 0 Å². The molecule has 0 fully saturated rings. The summed E-state index contributed by atoms with van der Waals surface area (Å²) in [4.78, 5) is 28.5. The van der Waals surface area contributed by atoms with Crippen molar-refractivity contribution in [2.45, 2.75) is 20.3 Å². The fourth-order valence-electron chi connectivity index (χ4n) is 1.10. The summed E-state index contributed by atoms with van der Waals surface area (Å²) in [7, 11) is 1.31. The molecule has 0 amide bonds. The number of aryl methyl sites for hydroxylation is 1. The molecule has 2 N–H and O–H groups in total. The minimum absolute atomic E-state index is 0.0829. The molecule has 1 aromatic rings. The largest absolute Gasteiger partial charge is 0.469 e. The van der Waals surface area contributed by atoms with Crippen LogP contribution in [0.4, 0.5) is 5.95 Å². The maximum Gasteiger partial charge on any atom is 0.311 e. The highest BCUT2D eigenvalue weighted by molar-refractivity contribution is 5.97. The Kier molecular flexibility index (Phi) is 4.38. The smallest absolute Gasteiger partial charge is 0.311 e. The summed E-state index contributed by atoms with van der Waals surface area (Å²) in [5, 5.41) is 3.90. The molecule has 0 aliphatic rings. The third-order valence-electron chi connectivity index (χ3n) is 1.85. The SMILES string of the molecule is COC(=O)CC(C)=NNc1nc(C)cc(=O)[nH]1. The number of nitrogens with zero attached hydrogens (tertiary/aromatic N) is 2. The van der Waals surface area contributed by atoms with Crippen LogP contribution in [0.15, 0.2) is 16.0 Å². The third-order valence-corrected chi connectivity index (χ3v) is 1.85. The molecule has 0 spiro atoms. The van der Waals surface area contributed by atoms with Crippen LogP contribution in [-0.2, 0) is 9.53 Å². The van der Waals surface area contributed by atoms with E-state index in [1.807, 2.05) is 0 Å². The van der Waals surface area contributed by atoms with Crippen molar-refractivity contribution >= 4 is 17.6 Å². The van der Waals surface area contributed by atoms with Gasteiger partial charge in [-0.1, -0.05) is 0 Å². The van der Waals surface area contributed by atoms with Gasteiger partial charge in [0.05, 0.1) is 13.5 Å². The molecule has 0 unspecified atom stereocenters. The van der Waals surface area contributed by atoms with Crippen LogP contribution in [0, 0.1) is 6.92 Å². The highest BCUT2D eigenvalue weighted by Gasteiger charge is 2.03. The number of aromatic amines is 1. The fourth-order valence-corrected chi connectivity index (χ4v) is 1.10. The maximum absolute atomic E-state index is 11.1. The van der Waals surface area contributed by atoms with Crippen LogP contribution in [0.2, 0.25) is 0 Å². The van der Waals surface area contributed by atoms with Crippen LogP contribution in [0.5, 0.6) is 0 Å². The second kappa shape index (κ2) is 5.78. The first-order valence-electron chi connectivity index (χ1n) is 4.95. The molecule has 7 nitrogen and oxygen atoms in total. The molecule has 0 aromatic carbocycles. The fraction of sp³-hybridized carbons (Fsp3) is 0.400. The number of hydrazone groups is 1. The summed E-state index contributed by atoms with van der Waals surface area (Å²) in [6.07, 6.45) is 0.0829. The number of H-pyrrole nitrogens is 1. The standard InChI is InChI=1S/C10H14N4O3/c1-6-4-8(15)12-10(11-6)14-13-7(2)5-9(16)17-3/h4H,5H2,1-3H3,(H2,11,12,14,15). The van der Waals surface area contributed by atoms with E-state index in [1.54, 1.807) is 13.8 Å². The molecular weight excluding hydrogens is 224 g/mol. The molecule has 0 saturated carbocycles. The predicted octanol–water partition coefficient (Wildman–Crippen LogP) is 0.429. The van der Waals surface area contributed by atoms with Gasteiger partial charge in [-0.05, 0) is 13.8 Å². The Labute approximate surface area is 97.9 Å².